The van der Waals surface area contributed by atoms with Crippen molar-refractivity contribution in [2.45, 2.75) is 6.92 Å². The Morgan fingerprint density at radius 3 is 2.32 bits per heavy atom. The van der Waals surface area contributed by atoms with Crippen LogP contribution in [0.1, 0.15) is 16.1 Å². The molecule has 6 nitrogen and oxygen atoms in total. The maximum atomic E-state index is 13.2. The number of rotatable bonds is 5. The van der Waals surface area contributed by atoms with Gasteiger partial charge in [0.25, 0.3) is 11.5 Å². The summed E-state index contributed by atoms with van der Waals surface area (Å²) in [6.07, 6.45) is 0. The van der Waals surface area contributed by atoms with Crippen LogP contribution in [0.3, 0.4) is 0 Å². The number of ether oxygens (including phenoxy) is 1. The number of esters is 1. The van der Waals surface area contributed by atoms with Gasteiger partial charge in [0, 0.05) is 18.0 Å². The highest BCUT2D eigenvalue weighted by Crippen LogP contribution is 2.32. The lowest BCUT2D eigenvalue weighted by Crippen LogP contribution is -2.28. The van der Waals surface area contributed by atoms with Gasteiger partial charge in [0.1, 0.15) is 5.69 Å². The predicted octanol–water partition coefficient (Wildman–Crippen LogP) is 5.62. The van der Waals surface area contributed by atoms with E-state index in [2.05, 4.69) is 5.32 Å². The Morgan fingerprint density at radius 1 is 0.941 bits per heavy atom. The largest absolute Gasteiger partial charge is 0.451 e. The van der Waals surface area contributed by atoms with Crippen LogP contribution < -0.4 is 10.9 Å². The fraction of sp³-hybridized carbons (Fsp3) is 0.115. The summed E-state index contributed by atoms with van der Waals surface area (Å²) in [6, 6.07) is 19.5. The first-order chi connectivity index (χ1) is 16.3. The third kappa shape index (κ3) is 4.55. The molecule has 1 amide bonds. The van der Waals surface area contributed by atoms with Gasteiger partial charge in [0.05, 0.1) is 15.7 Å². The molecule has 34 heavy (non-hydrogen) atoms. The molecule has 3 aromatic carbocycles. The summed E-state index contributed by atoms with van der Waals surface area (Å²) in [4.78, 5) is 38.6. The average Bonchev–Trinajstić information content (AvgIpc) is 2.83. The number of hydrogen-bond acceptors (Lipinski definition) is 4. The van der Waals surface area contributed by atoms with E-state index in [1.54, 1.807) is 42.5 Å². The number of halogens is 2. The van der Waals surface area contributed by atoms with Gasteiger partial charge < -0.3 is 14.6 Å². The molecule has 0 aliphatic rings. The molecule has 4 rings (SSSR count). The Bertz CT molecular complexity index is 1480. The molecule has 4 aromatic rings. The maximum Gasteiger partial charge on any atom is 0.356 e. The first-order valence-corrected chi connectivity index (χ1v) is 11.1. The number of amides is 1. The highest BCUT2D eigenvalue weighted by Gasteiger charge is 2.23. The molecule has 0 bridgehead atoms. The fourth-order valence-corrected chi connectivity index (χ4v) is 4.05. The fourth-order valence-electron chi connectivity index (χ4n) is 3.70. The number of nitrogens with zero attached hydrogens (tertiary/aromatic N) is 1. The lowest BCUT2D eigenvalue weighted by molar-refractivity contribution is -0.119. The van der Waals surface area contributed by atoms with Crippen LogP contribution in [0.25, 0.3) is 21.9 Å². The normalized spacial score (nSPS) is 10.8. The topological polar surface area (TPSA) is 77.4 Å². The van der Waals surface area contributed by atoms with Gasteiger partial charge >= 0.3 is 5.97 Å². The summed E-state index contributed by atoms with van der Waals surface area (Å²) in [6.45, 7) is 1.39. The molecule has 1 N–H and O–H groups in total. The van der Waals surface area contributed by atoms with Gasteiger partial charge in [-0.25, -0.2) is 4.79 Å². The number of benzene rings is 3. The minimum atomic E-state index is -0.798. The number of pyridine rings is 1. The van der Waals surface area contributed by atoms with Crippen molar-refractivity contribution in [3.63, 3.8) is 0 Å². The van der Waals surface area contributed by atoms with E-state index < -0.39 is 18.5 Å². The van der Waals surface area contributed by atoms with Gasteiger partial charge in [-0.1, -0.05) is 77.3 Å². The van der Waals surface area contributed by atoms with Gasteiger partial charge in [-0.15, -0.1) is 0 Å². The minimum Gasteiger partial charge on any atom is -0.451 e. The Kier molecular flexibility index (Phi) is 6.72. The second kappa shape index (κ2) is 9.71. The van der Waals surface area contributed by atoms with E-state index in [1.807, 2.05) is 31.2 Å². The molecular formula is C26H20Cl2N2O4. The van der Waals surface area contributed by atoms with Crippen LogP contribution in [0, 0.1) is 6.92 Å². The summed E-state index contributed by atoms with van der Waals surface area (Å²) >= 11 is 12.1. The summed E-state index contributed by atoms with van der Waals surface area (Å²) in [7, 11) is 1.51. The molecule has 0 fully saturated rings. The van der Waals surface area contributed by atoms with Crippen LogP contribution in [0.2, 0.25) is 10.0 Å². The Hall–Kier alpha value is -3.61. The van der Waals surface area contributed by atoms with Gasteiger partial charge in [0.15, 0.2) is 6.61 Å². The highest BCUT2D eigenvalue weighted by atomic mass is 35.5. The molecule has 0 aliphatic heterocycles. The molecule has 0 aliphatic carbocycles. The van der Waals surface area contributed by atoms with Crippen LogP contribution in [0.5, 0.6) is 0 Å². The molecule has 0 saturated carbocycles. The molecule has 0 atom stereocenters. The Morgan fingerprint density at radius 2 is 1.62 bits per heavy atom. The summed E-state index contributed by atoms with van der Waals surface area (Å²) in [5.74, 6) is -1.39. The van der Waals surface area contributed by atoms with Gasteiger partial charge in [-0.3, -0.25) is 9.59 Å². The summed E-state index contributed by atoms with van der Waals surface area (Å²) in [5, 5.41) is 4.13. The van der Waals surface area contributed by atoms with Crippen molar-refractivity contribution in [3.05, 3.63) is 98.4 Å². The maximum absolute atomic E-state index is 13.2. The molecule has 0 saturated heterocycles. The number of aryl methyl sites for hydroxylation is 1. The third-order valence-electron chi connectivity index (χ3n) is 5.40. The number of hydrogen-bond donors (Lipinski definition) is 1. The number of carbonyl (C=O) groups excluding carboxylic acids is 2. The molecule has 172 valence electrons. The van der Waals surface area contributed by atoms with Gasteiger partial charge in [0.2, 0.25) is 0 Å². The number of aromatic nitrogens is 1. The monoisotopic (exact) mass is 494 g/mol. The highest BCUT2D eigenvalue weighted by molar-refractivity contribution is 6.44. The van der Waals surface area contributed by atoms with E-state index in [0.29, 0.717) is 22.0 Å². The van der Waals surface area contributed by atoms with Gasteiger partial charge in [-0.05, 0) is 36.1 Å². The van der Waals surface area contributed by atoms with Crippen LogP contribution >= 0.6 is 23.2 Å². The van der Waals surface area contributed by atoms with Crippen molar-refractivity contribution in [1.82, 2.24) is 4.57 Å². The number of anilines is 1. The molecule has 8 heteroatoms. The van der Waals surface area contributed by atoms with Crippen molar-refractivity contribution in [2.24, 2.45) is 7.05 Å². The van der Waals surface area contributed by atoms with Crippen LogP contribution in [0.4, 0.5) is 5.69 Å². The quantitative estimate of drug-likeness (QED) is 0.365. The van der Waals surface area contributed by atoms with Crippen molar-refractivity contribution < 1.29 is 14.3 Å². The Labute approximate surface area is 205 Å². The second-order valence-electron chi connectivity index (χ2n) is 7.73. The van der Waals surface area contributed by atoms with E-state index in [4.69, 9.17) is 27.9 Å². The van der Waals surface area contributed by atoms with E-state index >= 15 is 0 Å². The van der Waals surface area contributed by atoms with E-state index in [-0.39, 0.29) is 21.3 Å². The summed E-state index contributed by atoms with van der Waals surface area (Å²) in [5.41, 5.74) is 2.38. The van der Waals surface area contributed by atoms with Crippen molar-refractivity contribution in [2.75, 3.05) is 11.9 Å². The summed E-state index contributed by atoms with van der Waals surface area (Å²) < 4.78 is 6.57. The zero-order valence-electron chi connectivity index (χ0n) is 18.4. The first-order valence-electron chi connectivity index (χ1n) is 10.4. The minimum absolute atomic E-state index is 0.0566. The van der Waals surface area contributed by atoms with E-state index in [9.17, 15) is 14.4 Å². The lowest BCUT2D eigenvalue weighted by atomic mass is 9.96. The zero-order valence-corrected chi connectivity index (χ0v) is 19.9. The zero-order chi connectivity index (χ0) is 24.4. The van der Waals surface area contributed by atoms with Crippen LogP contribution in [0.15, 0.2) is 71.5 Å². The van der Waals surface area contributed by atoms with E-state index in [1.165, 1.54) is 11.6 Å². The van der Waals surface area contributed by atoms with Crippen molar-refractivity contribution >= 4 is 51.5 Å². The van der Waals surface area contributed by atoms with Crippen molar-refractivity contribution in [1.29, 1.82) is 0 Å². The van der Waals surface area contributed by atoms with Gasteiger partial charge in [-0.2, -0.15) is 0 Å². The number of fused-ring (bicyclic) bond motifs is 1. The number of carbonyl (C=O) groups is 2. The third-order valence-corrected chi connectivity index (χ3v) is 6.22. The molecular weight excluding hydrogens is 475 g/mol. The number of nitrogens with one attached hydrogen (secondary N) is 1. The van der Waals surface area contributed by atoms with Crippen molar-refractivity contribution in [3.8, 4) is 11.1 Å². The molecule has 0 unspecified atom stereocenters. The van der Waals surface area contributed by atoms with Crippen LogP contribution in [-0.4, -0.2) is 23.1 Å². The van der Waals surface area contributed by atoms with Crippen LogP contribution in [-0.2, 0) is 16.6 Å². The molecule has 0 radical (unpaired) electrons. The second-order valence-corrected chi connectivity index (χ2v) is 8.51. The standard InChI is InChI=1S/C26H20Cl2N2O4/c1-15-10-12-16(13-11-15)22-17-6-3-4-7-18(17)25(32)30(2)24(22)26(33)34-14-21(31)29-20-9-5-8-19(27)23(20)28/h3-13H,14H2,1-2H3,(H,29,31). The molecule has 1 heterocycles. The Balaban J connectivity index is 1.70. The lowest BCUT2D eigenvalue weighted by Gasteiger charge is -2.17. The molecule has 1 aromatic heterocycles. The molecule has 0 spiro atoms. The smallest absolute Gasteiger partial charge is 0.356 e. The average molecular weight is 495 g/mol. The SMILES string of the molecule is Cc1ccc(-c2c(C(=O)OCC(=O)Nc3cccc(Cl)c3Cl)n(C)c(=O)c3ccccc23)cc1. The van der Waals surface area contributed by atoms with E-state index in [0.717, 1.165) is 11.1 Å². The first kappa shape index (κ1) is 23.5. The predicted molar refractivity (Wildman–Crippen MR) is 135 cm³/mol.